The SMILES string of the molecule is CCC1Oc2cc(C(C)NC(=O)C(=O)Nc3cccc(-c4nnc(C)o4)c3)ccc2NC1=O. The van der Waals surface area contributed by atoms with Crippen LogP contribution in [0, 0.1) is 6.92 Å². The van der Waals surface area contributed by atoms with E-state index >= 15 is 0 Å². The number of carbonyl (C=O) groups is 3. The molecule has 0 bridgehead atoms. The third kappa shape index (κ3) is 4.84. The van der Waals surface area contributed by atoms with E-state index in [-0.39, 0.29) is 5.91 Å². The number of aromatic nitrogens is 2. The number of nitrogens with one attached hydrogen (secondary N) is 3. The van der Waals surface area contributed by atoms with E-state index in [1.54, 1.807) is 56.3 Å². The Morgan fingerprint density at radius 3 is 2.70 bits per heavy atom. The second-order valence-electron chi connectivity index (χ2n) is 7.62. The molecule has 3 aromatic rings. The first-order valence-electron chi connectivity index (χ1n) is 10.5. The molecular formula is C23H23N5O5. The van der Waals surface area contributed by atoms with Crippen molar-refractivity contribution in [3.8, 4) is 17.2 Å². The van der Waals surface area contributed by atoms with Crippen molar-refractivity contribution < 1.29 is 23.5 Å². The van der Waals surface area contributed by atoms with E-state index in [1.807, 2.05) is 6.92 Å². The Hall–Kier alpha value is -4.21. The van der Waals surface area contributed by atoms with Gasteiger partial charge in [0.15, 0.2) is 6.10 Å². The van der Waals surface area contributed by atoms with Gasteiger partial charge in [-0.05, 0) is 49.2 Å². The normalized spacial score (nSPS) is 15.6. The van der Waals surface area contributed by atoms with Gasteiger partial charge in [-0.3, -0.25) is 14.4 Å². The Morgan fingerprint density at radius 2 is 1.97 bits per heavy atom. The lowest BCUT2D eigenvalue weighted by molar-refractivity contribution is -0.136. The van der Waals surface area contributed by atoms with Crippen LogP contribution in [0.25, 0.3) is 11.5 Å². The minimum absolute atomic E-state index is 0.186. The van der Waals surface area contributed by atoms with Crippen LogP contribution in [0.5, 0.6) is 5.75 Å². The molecule has 1 aliphatic rings. The standard InChI is InChI=1S/C23H23N5O5/c1-4-18-20(29)26-17-9-8-14(11-19(17)33-18)12(2)24-21(30)22(31)25-16-7-5-6-15(10-16)23-28-27-13(3)32-23/h5-12,18H,4H2,1-3H3,(H,24,30)(H,25,31)(H,26,29). The van der Waals surface area contributed by atoms with Gasteiger partial charge in [0.1, 0.15) is 5.75 Å². The summed E-state index contributed by atoms with van der Waals surface area (Å²) in [6.07, 6.45) is -0.0230. The molecular weight excluding hydrogens is 426 g/mol. The molecule has 10 nitrogen and oxygen atoms in total. The van der Waals surface area contributed by atoms with Gasteiger partial charge < -0.3 is 25.1 Å². The summed E-state index contributed by atoms with van der Waals surface area (Å²) >= 11 is 0. The molecule has 0 spiro atoms. The van der Waals surface area contributed by atoms with E-state index in [0.29, 0.717) is 40.9 Å². The van der Waals surface area contributed by atoms with Crippen LogP contribution in [0.4, 0.5) is 11.4 Å². The average Bonchev–Trinajstić information content (AvgIpc) is 3.24. The molecule has 0 radical (unpaired) electrons. The molecule has 2 unspecified atom stereocenters. The van der Waals surface area contributed by atoms with Gasteiger partial charge in [0.05, 0.1) is 11.7 Å². The summed E-state index contributed by atoms with van der Waals surface area (Å²) in [5.41, 5.74) is 2.34. The summed E-state index contributed by atoms with van der Waals surface area (Å²) in [6.45, 7) is 5.30. The van der Waals surface area contributed by atoms with Crippen LogP contribution in [0.15, 0.2) is 46.9 Å². The van der Waals surface area contributed by atoms with Crippen molar-refractivity contribution in [3.63, 3.8) is 0 Å². The Morgan fingerprint density at radius 1 is 1.15 bits per heavy atom. The molecule has 10 heteroatoms. The highest BCUT2D eigenvalue weighted by molar-refractivity contribution is 6.39. The first kappa shape index (κ1) is 22.0. The maximum Gasteiger partial charge on any atom is 0.313 e. The van der Waals surface area contributed by atoms with Crippen LogP contribution in [0.1, 0.15) is 37.8 Å². The number of aryl methyl sites for hydroxylation is 1. The monoisotopic (exact) mass is 449 g/mol. The fourth-order valence-corrected chi connectivity index (χ4v) is 3.37. The summed E-state index contributed by atoms with van der Waals surface area (Å²) in [7, 11) is 0. The highest BCUT2D eigenvalue weighted by Gasteiger charge is 2.27. The molecule has 3 N–H and O–H groups in total. The first-order valence-corrected chi connectivity index (χ1v) is 10.5. The maximum atomic E-state index is 12.5. The second-order valence-corrected chi connectivity index (χ2v) is 7.62. The number of carbonyl (C=O) groups excluding carboxylic acids is 3. The van der Waals surface area contributed by atoms with E-state index in [9.17, 15) is 14.4 Å². The lowest BCUT2D eigenvalue weighted by Crippen LogP contribution is -2.37. The Kier molecular flexibility index (Phi) is 6.07. The predicted molar refractivity (Wildman–Crippen MR) is 119 cm³/mol. The molecule has 0 saturated heterocycles. The lowest BCUT2D eigenvalue weighted by Gasteiger charge is -2.26. The van der Waals surface area contributed by atoms with Gasteiger partial charge in [-0.25, -0.2) is 0 Å². The van der Waals surface area contributed by atoms with Crippen molar-refractivity contribution in [1.29, 1.82) is 0 Å². The number of hydrogen-bond donors (Lipinski definition) is 3. The van der Waals surface area contributed by atoms with Crippen LogP contribution >= 0.6 is 0 Å². The van der Waals surface area contributed by atoms with Crippen molar-refractivity contribution in [2.24, 2.45) is 0 Å². The Labute approximate surface area is 189 Å². The van der Waals surface area contributed by atoms with Crippen LogP contribution in [-0.2, 0) is 14.4 Å². The minimum Gasteiger partial charge on any atom is -0.478 e. The molecule has 0 aliphatic carbocycles. The van der Waals surface area contributed by atoms with E-state index in [1.165, 1.54) is 0 Å². The number of nitrogens with zero attached hydrogens (tertiary/aromatic N) is 2. The highest BCUT2D eigenvalue weighted by Crippen LogP contribution is 2.33. The van der Waals surface area contributed by atoms with Crippen molar-refractivity contribution >= 4 is 29.1 Å². The van der Waals surface area contributed by atoms with Crippen molar-refractivity contribution in [1.82, 2.24) is 15.5 Å². The number of anilines is 2. The average molecular weight is 449 g/mol. The molecule has 0 fully saturated rings. The van der Waals surface area contributed by atoms with E-state index in [0.717, 1.165) is 5.56 Å². The Balaban J connectivity index is 1.40. The molecule has 2 atom stereocenters. The molecule has 1 aliphatic heterocycles. The molecule has 2 heterocycles. The third-order valence-corrected chi connectivity index (χ3v) is 5.14. The summed E-state index contributed by atoms with van der Waals surface area (Å²) < 4.78 is 11.1. The largest absolute Gasteiger partial charge is 0.478 e. The van der Waals surface area contributed by atoms with Crippen LogP contribution in [0.3, 0.4) is 0 Å². The summed E-state index contributed by atoms with van der Waals surface area (Å²) in [6, 6.07) is 11.5. The zero-order valence-corrected chi connectivity index (χ0v) is 18.3. The fraction of sp³-hybridized carbons (Fsp3) is 0.261. The lowest BCUT2D eigenvalue weighted by atomic mass is 10.1. The fourth-order valence-electron chi connectivity index (χ4n) is 3.37. The van der Waals surface area contributed by atoms with Crippen molar-refractivity contribution in [2.45, 2.75) is 39.3 Å². The topological polar surface area (TPSA) is 135 Å². The molecule has 2 aromatic carbocycles. The Bertz CT molecular complexity index is 1220. The third-order valence-electron chi connectivity index (χ3n) is 5.14. The zero-order valence-electron chi connectivity index (χ0n) is 18.3. The van der Waals surface area contributed by atoms with Gasteiger partial charge in [-0.1, -0.05) is 19.1 Å². The summed E-state index contributed by atoms with van der Waals surface area (Å²) in [4.78, 5) is 36.8. The van der Waals surface area contributed by atoms with Gasteiger partial charge >= 0.3 is 11.8 Å². The maximum absolute atomic E-state index is 12.5. The predicted octanol–water partition coefficient (Wildman–Crippen LogP) is 2.97. The molecule has 1 aromatic heterocycles. The van der Waals surface area contributed by atoms with Gasteiger partial charge in [-0.2, -0.15) is 0 Å². The van der Waals surface area contributed by atoms with Gasteiger partial charge in [0.2, 0.25) is 11.8 Å². The molecule has 170 valence electrons. The van der Waals surface area contributed by atoms with E-state index in [4.69, 9.17) is 9.15 Å². The molecule has 4 rings (SSSR count). The minimum atomic E-state index is -0.812. The number of fused-ring (bicyclic) bond motifs is 1. The number of hydrogen-bond acceptors (Lipinski definition) is 7. The molecule has 0 saturated carbocycles. The number of benzene rings is 2. The summed E-state index contributed by atoms with van der Waals surface area (Å²) in [5.74, 6) is -0.523. The smallest absolute Gasteiger partial charge is 0.313 e. The number of amides is 3. The van der Waals surface area contributed by atoms with E-state index < -0.39 is 24.0 Å². The van der Waals surface area contributed by atoms with Crippen molar-refractivity contribution in [2.75, 3.05) is 10.6 Å². The second kappa shape index (κ2) is 9.11. The number of rotatable bonds is 5. The van der Waals surface area contributed by atoms with E-state index in [2.05, 4.69) is 26.1 Å². The van der Waals surface area contributed by atoms with Crippen LogP contribution in [-0.4, -0.2) is 34.0 Å². The van der Waals surface area contributed by atoms with Gasteiger partial charge in [-0.15, -0.1) is 10.2 Å². The summed E-state index contributed by atoms with van der Waals surface area (Å²) in [5, 5.41) is 15.8. The van der Waals surface area contributed by atoms with Crippen LogP contribution in [0.2, 0.25) is 0 Å². The zero-order chi connectivity index (χ0) is 23.5. The van der Waals surface area contributed by atoms with Crippen molar-refractivity contribution in [3.05, 3.63) is 53.9 Å². The molecule has 3 amide bonds. The molecule has 33 heavy (non-hydrogen) atoms. The van der Waals surface area contributed by atoms with Gasteiger partial charge in [0, 0.05) is 18.2 Å². The number of ether oxygens (including phenoxy) is 1. The highest BCUT2D eigenvalue weighted by atomic mass is 16.5. The first-order chi connectivity index (χ1) is 15.8. The van der Waals surface area contributed by atoms with Gasteiger partial charge in [0.25, 0.3) is 5.91 Å². The van der Waals surface area contributed by atoms with Crippen LogP contribution < -0.4 is 20.7 Å². The quantitative estimate of drug-likeness (QED) is 0.510.